The van der Waals surface area contributed by atoms with Gasteiger partial charge in [0.15, 0.2) is 0 Å². The second-order valence-electron chi connectivity index (χ2n) is 4.73. The predicted octanol–water partition coefficient (Wildman–Crippen LogP) is 1.71. The Hall–Kier alpha value is -0.0762. The number of hydrogen-bond donors (Lipinski definition) is 0. The van der Waals surface area contributed by atoms with Crippen molar-refractivity contribution in [2.45, 2.75) is 38.5 Å². The summed E-state index contributed by atoms with van der Waals surface area (Å²) in [4.78, 5) is 0. The van der Waals surface area contributed by atoms with Gasteiger partial charge in [0.2, 0.25) is 0 Å². The summed E-state index contributed by atoms with van der Waals surface area (Å²) < 4.78 is 0. The summed E-state index contributed by atoms with van der Waals surface area (Å²) in [5.74, 6) is 0. The molecule has 0 aromatic rings. The van der Waals surface area contributed by atoms with Crippen LogP contribution in [0, 0.1) is 11.3 Å². The van der Waals surface area contributed by atoms with Gasteiger partial charge in [0.1, 0.15) is 0 Å². The van der Waals surface area contributed by atoms with Crippen LogP contribution in [0.1, 0.15) is 13.8 Å². The van der Waals surface area contributed by atoms with Gasteiger partial charge in [-0.05, 0) is 0 Å². The van der Waals surface area contributed by atoms with E-state index in [1.54, 1.807) is 0 Å². The highest BCUT2D eigenvalue weighted by Crippen LogP contribution is 2.24. The zero-order chi connectivity index (χ0) is 8.41. The fraction of sp³-hybridized carbons (Fsp3) is 0.857. The molecule has 0 saturated carbocycles. The molecule has 0 amide bonds. The first kappa shape index (κ1) is 9.92. The number of rotatable bonds is 2. The summed E-state index contributed by atoms with van der Waals surface area (Å²) in [6.45, 7) is 11.2. The van der Waals surface area contributed by atoms with Crippen LogP contribution in [0.2, 0.25) is 24.7 Å². The molecule has 1 nitrogen and oxygen atoms in total. The maximum atomic E-state index is 8.76. The Morgan fingerprint density at radius 1 is 1.30 bits per heavy atom. The molecule has 0 aromatic carbocycles. The predicted molar refractivity (Wildman–Crippen MR) is 51.5 cm³/mol. The molecule has 0 bridgehead atoms. The molecule has 0 heterocycles. The fourth-order valence-corrected chi connectivity index (χ4v) is 12.3. The van der Waals surface area contributed by atoms with Crippen molar-refractivity contribution in [2.24, 2.45) is 0 Å². The molecule has 0 atom stereocenters. The SMILES string of the molecule is CC(C)(C#N)[SiH2][Si](C)(C)C. The van der Waals surface area contributed by atoms with Crippen LogP contribution < -0.4 is 0 Å². The molecular formula is C7H17NSi2. The lowest BCUT2D eigenvalue weighted by atomic mass is 10.2. The summed E-state index contributed by atoms with van der Waals surface area (Å²) in [6, 6.07) is 2.39. The van der Waals surface area contributed by atoms with E-state index in [-0.39, 0.29) is 14.1 Å². The van der Waals surface area contributed by atoms with E-state index in [9.17, 15) is 0 Å². The Kier molecular flexibility index (Phi) is 2.87. The standard InChI is InChI=1S/C7H17NSi2/c1-7(2,6-8)9-10(3,4)5/h9H2,1-5H3. The van der Waals surface area contributed by atoms with E-state index in [2.05, 4.69) is 39.6 Å². The van der Waals surface area contributed by atoms with Gasteiger partial charge < -0.3 is 0 Å². The van der Waals surface area contributed by atoms with Gasteiger partial charge in [-0.3, -0.25) is 0 Å². The van der Waals surface area contributed by atoms with Crippen LogP contribution in [-0.4, -0.2) is 16.6 Å². The normalized spacial score (nSPS) is 14.0. The molecule has 0 aliphatic rings. The lowest BCUT2D eigenvalue weighted by Crippen LogP contribution is -2.36. The first-order valence-electron chi connectivity index (χ1n) is 3.68. The number of hydrogen-bond acceptors (Lipinski definition) is 1. The van der Waals surface area contributed by atoms with Crippen LogP contribution >= 0.6 is 0 Å². The van der Waals surface area contributed by atoms with Crippen molar-refractivity contribution in [3.05, 3.63) is 0 Å². The van der Waals surface area contributed by atoms with Crippen molar-refractivity contribution in [3.63, 3.8) is 0 Å². The molecular weight excluding hydrogens is 154 g/mol. The molecule has 0 N–H and O–H groups in total. The molecule has 0 radical (unpaired) electrons. The van der Waals surface area contributed by atoms with Crippen molar-refractivity contribution < 1.29 is 0 Å². The molecule has 0 aliphatic heterocycles. The second-order valence-corrected chi connectivity index (χ2v) is 19.4. The molecule has 0 aromatic heterocycles. The monoisotopic (exact) mass is 171 g/mol. The van der Waals surface area contributed by atoms with Crippen molar-refractivity contribution in [1.29, 1.82) is 5.26 Å². The smallest absolute Gasteiger partial charge is 0.0641 e. The maximum absolute atomic E-state index is 8.76. The van der Waals surface area contributed by atoms with Crippen molar-refractivity contribution >= 4 is 16.6 Å². The molecule has 0 saturated heterocycles. The van der Waals surface area contributed by atoms with Gasteiger partial charge in [-0.2, -0.15) is 5.26 Å². The van der Waals surface area contributed by atoms with E-state index in [1.165, 1.54) is 0 Å². The minimum absolute atomic E-state index is 0.0322. The third kappa shape index (κ3) is 4.77. The zero-order valence-electron chi connectivity index (χ0n) is 7.65. The average Bonchev–Trinajstić information content (AvgIpc) is 1.60. The second kappa shape index (κ2) is 2.89. The highest BCUT2D eigenvalue weighted by atomic mass is 29.2. The summed E-state index contributed by atoms with van der Waals surface area (Å²) >= 11 is 0. The van der Waals surface area contributed by atoms with E-state index >= 15 is 0 Å². The van der Waals surface area contributed by atoms with Crippen LogP contribution in [0.3, 0.4) is 0 Å². The zero-order valence-corrected chi connectivity index (χ0v) is 10.1. The Labute approximate surface area is 67.1 Å². The van der Waals surface area contributed by atoms with Gasteiger partial charge in [0.05, 0.1) is 6.07 Å². The third-order valence-electron chi connectivity index (χ3n) is 1.27. The van der Waals surface area contributed by atoms with Crippen LogP contribution in [0.4, 0.5) is 0 Å². The summed E-state index contributed by atoms with van der Waals surface area (Å²) in [5.41, 5.74) is 0. The molecule has 10 heavy (non-hydrogen) atoms. The number of nitriles is 1. The van der Waals surface area contributed by atoms with Crippen LogP contribution in [0.15, 0.2) is 0 Å². The van der Waals surface area contributed by atoms with Crippen LogP contribution in [-0.2, 0) is 0 Å². The summed E-state index contributed by atoms with van der Waals surface area (Å²) in [7, 11) is -1.04. The maximum Gasteiger partial charge on any atom is 0.0641 e. The van der Waals surface area contributed by atoms with Gasteiger partial charge in [-0.25, -0.2) is 0 Å². The lowest BCUT2D eigenvalue weighted by molar-refractivity contribution is 0.871. The molecule has 0 rings (SSSR count). The van der Waals surface area contributed by atoms with E-state index < -0.39 is 7.59 Å². The highest BCUT2D eigenvalue weighted by Gasteiger charge is 2.26. The minimum Gasteiger partial charge on any atom is -0.198 e. The first-order valence-corrected chi connectivity index (χ1v) is 10.2. The highest BCUT2D eigenvalue weighted by molar-refractivity contribution is 7.24. The molecule has 0 fully saturated rings. The van der Waals surface area contributed by atoms with E-state index in [0.29, 0.717) is 0 Å². The van der Waals surface area contributed by atoms with E-state index in [0.717, 1.165) is 0 Å². The van der Waals surface area contributed by atoms with Crippen LogP contribution in [0.5, 0.6) is 0 Å². The summed E-state index contributed by atoms with van der Waals surface area (Å²) in [6.07, 6.45) is 0. The fourth-order valence-electron chi connectivity index (χ4n) is 1.37. The molecule has 0 unspecified atom stereocenters. The van der Waals surface area contributed by atoms with Crippen molar-refractivity contribution in [2.75, 3.05) is 0 Å². The topological polar surface area (TPSA) is 23.8 Å². The van der Waals surface area contributed by atoms with Gasteiger partial charge in [-0.15, -0.1) is 0 Å². The minimum atomic E-state index is -0.897. The van der Waals surface area contributed by atoms with Crippen molar-refractivity contribution in [1.82, 2.24) is 0 Å². The molecule has 0 spiro atoms. The lowest BCUT2D eigenvalue weighted by Gasteiger charge is -2.23. The van der Waals surface area contributed by atoms with Gasteiger partial charge in [0.25, 0.3) is 0 Å². The summed E-state index contributed by atoms with van der Waals surface area (Å²) in [5, 5.41) is 8.80. The van der Waals surface area contributed by atoms with Crippen molar-refractivity contribution in [3.8, 4) is 6.07 Å². The van der Waals surface area contributed by atoms with Gasteiger partial charge >= 0.3 is 0 Å². The third-order valence-corrected chi connectivity index (χ3v) is 9.21. The Balaban J connectivity index is 4.05. The molecule has 3 heteroatoms. The Morgan fingerprint density at radius 2 is 1.70 bits per heavy atom. The van der Waals surface area contributed by atoms with Gasteiger partial charge in [0, 0.05) is 21.7 Å². The largest absolute Gasteiger partial charge is 0.198 e. The Morgan fingerprint density at radius 3 is 1.80 bits per heavy atom. The molecule has 0 aliphatic carbocycles. The average molecular weight is 171 g/mol. The quantitative estimate of drug-likeness (QED) is 0.580. The van der Waals surface area contributed by atoms with E-state index in [1.807, 2.05) is 0 Å². The Bertz CT molecular complexity index is 150. The molecule has 58 valence electrons. The number of nitrogens with zero attached hydrogens (tertiary/aromatic N) is 1. The van der Waals surface area contributed by atoms with E-state index in [4.69, 9.17) is 5.26 Å². The van der Waals surface area contributed by atoms with Crippen LogP contribution in [0.25, 0.3) is 0 Å². The van der Waals surface area contributed by atoms with Gasteiger partial charge in [-0.1, -0.05) is 33.5 Å². The first-order chi connectivity index (χ1) is 4.27.